The number of rotatable bonds is 2. The van der Waals surface area contributed by atoms with Gasteiger partial charge in [0.2, 0.25) is 0 Å². The predicted molar refractivity (Wildman–Crippen MR) is 112 cm³/mol. The summed E-state index contributed by atoms with van der Waals surface area (Å²) in [5.74, 6) is 0.291. The highest BCUT2D eigenvalue weighted by molar-refractivity contribution is 6.10. The molecular weight excluding hydrogens is 330 g/mol. The van der Waals surface area contributed by atoms with E-state index in [4.69, 9.17) is 4.98 Å². The van der Waals surface area contributed by atoms with Crippen molar-refractivity contribution < 1.29 is 5.11 Å². The summed E-state index contributed by atoms with van der Waals surface area (Å²) in [5, 5.41) is 13.6. The molecule has 0 saturated heterocycles. The molecule has 0 aliphatic rings. The number of aromatic nitrogens is 1. The molecule has 0 aliphatic heterocycles. The maximum Gasteiger partial charge on any atom is 0.123 e. The van der Waals surface area contributed by atoms with Crippen LogP contribution in [0.15, 0.2) is 97.1 Å². The maximum atomic E-state index is 10.1. The lowest BCUT2D eigenvalue weighted by Crippen LogP contribution is -1.89. The van der Waals surface area contributed by atoms with Crippen molar-refractivity contribution in [2.75, 3.05) is 0 Å². The number of aromatic hydroxyl groups is 1. The van der Waals surface area contributed by atoms with Crippen LogP contribution in [0.2, 0.25) is 0 Å². The van der Waals surface area contributed by atoms with Crippen molar-refractivity contribution in [3.63, 3.8) is 0 Å². The van der Waals surface area contributed by atoms with Gasteiger partial charge >= 0.3 is 0 Å². The summed E-state index contributed by atoms with van der Waals surface area (Å²) < 4.78 is 0. The molecule has 1 heterocycles. The Labute approximate surface area is 157 Å². The minimum atomic E-state index is 0.291. The SMILES string of the molecule is Oc1ccccc1-c1ccc(-c2nc3ccccc3c3ccccc23)cc1. The highest BCUT2D eigenvalue weighted by Crippen LogP contribution is 2.34. The Hall–Kier alpha value is -3.65. The zero-order valence-electron chi connectivity index (χ0n) is 14.6. The number of para-hydroxylation sites is 2. The molecule has 0 amide bonds. The van der Waals surface area contributed by atoms with Crippen molar-refractivity contribution in [1.29, 1.82) is 0 Å². The van der Waals surface area contributed by atoms with Crippen LogP contribution in [0.25, 0.3) is 44.1 Å². The molecule has 128 valence electrons. The van der Waals surface area contributed by atoms with Crippen LogP contribution in [0, 0.1) is 0 Å². The second kappa shape index (κ2) is 6.26. The molecule has 5 aromatic rings. The number of benzene rings is 4. The first-order valence-electron chi connectivity index (χ1n) is 8.97. The molecule has 2 heteroatoms. The number of fused-ring (bicyclic) bond motifs is 3. The summed E-state index contributed by atoms with van der Waals surface area (Å²) in [5.41, 5.74) is 4.86. The molecule has 0 fully saturated rings. The monoisotopic (exact) mass is 347 g/mol. The first kappa shape index (κ1) is 15.6. The summed E-state index contributed by atoms with van der Waals surface area (Å²) >= 11 is 0. The molecule has 0 aliphatic carbocycles. The van der Waals surface area contributed by atoms with Crippen LogP contribution in [-0.2, 0) is 0 Å². The van der Waals surface area contributed by atoms with E-state index in [1.165, 1.54) is 10.8 Å². The molecule has 5 rings (SSSR count). The zero-order valence-corrected chi connectivity index (χ0v) is 14.6. The molecule has 1 N–H and O–H groups in total. The fraction of sp³-hybridized carbons (Fsp3) is 0. The average Bonchev–Trinajstić information content (AvgIpc) is 2.74. The topological polar surface area (TPSA) is 33.1 Å². The smallest absolute Gasteiger partial charge is 0.123 e. The summed E-state index contributed by atoms with van der Waals surface area (Å²) in [6.45, 7) is 0. The molecule has 0 radical (unpaired) electrons. The third-order valence-electron chi connectivity index (χ3n) is 4.98. The van der Waals surface area contributed by atoms with Crippen molar-refractivity contribution in [3.05, 3.63) is 97.1 Å². The predicted octanol–water partition coefficient (Wildman–Crippen LogP) is 6.43. The summed E-state index contributed by atoms with van der Waals surface area (Å²) in [7, 11) is 0. The minimum absolute atomic E-state index is 0.291. The van der Waals surface area contributed by atoms with E-state index in [0.29, 0.717) is 5.75 Å². The fourth-order valence-electron chi connectivity index (χ4n) is 3.65. The van der Waals surface area contributed by atoms with E-state index in [2.05, 4.69) is 54.6 Å². The molecule has 0 unspecified atom stereocenters. The van der Waals surface area contributed by atoms with Gasteiger partial charge in [0.05, 0.1) is 11.2 Å². The molecule has 1 aromatic heterocycles. The van der Waals surface area contributed by atoms with Crippen LogP contribution in [0.5, 0.6) is 5.75 Å². The normalized spacial score (nSPS) is 11.1. The molecule has 27 heavy (non-hydrogen) atoms. The van der Waals surface area contributed by atoms with Gasteiger partial charge < -0.3 is 5.11 Å². The Bertz CT molecular complexity index is 1270. The van der Waals surface area contributed by atoms with E-state index < -0.39 is 0 Å². The van der Waals surface area contributed by atoms with Crippen molar-refractivity contribution >= 4 is 21.7 Å². The Kier molecular flexibility index (Phi) is 3.61. The molecule has 0 atom stereocenters. The summed E-state index contributed by atoms with van der Waals surface area (Å²) in [6, 6.07) is 32.3. The summed E-state index contributed by atoms with van der Waals surface area (Å²) in [6.07, 6.45) is 0. The van der Waals surface area contributed by atoms with Crippen molar-refractivity contribution in [3.8, 4) is 28.1 Å². The van der Waals surface area contributed by atoms with Gasteiger partial charge in [0.25, 0.3) is 0 Å². The highest BCUT2D eigenvalue weighted by atomic mass is 16.3. The number of hydrogen-bond donors (Lipinski definition) is 1. The van der Waals surface area contributed by atoms with Crippen LogP contribution < -0.4 is 0 Å². The number of pyridine rings is 1. The maximum absolute atomic E-state index is 10.1. The molecule has 2 nitrogen and oxygen atoms in total. The van der Waals surface area contributed by atoms with E-state index >= 15 is 0 Å². The molecule has 4 aromatic carbocycles. The van der Waals surface area contributed by atoms with Crippen molar-refractivity contribution in [2.45, 2.75) is 0 Å². The molecule has 0 spiro atoms. The fourth-order valence-corrected chi connectivity index (χ4v) is 3.65. The first-order valence-corrected chi connectivity index (χ1v) is 8.97. The Morgan fingerprint density at radius 3 is 1.89 bits per heavy atom. The lowest BCUT2D eigenvalue weighted by molar-refractivity contribution is 0.477. The van der Waals surface area contributed by atoms with E-state index in [0.717, 1.165) is 33.3 Å². The van der Waals surface area contributed by atoms with E-state index in [-0.39, 0.29) is 0 Å². The largest absolute Gasteiger partial charge is 0.507 e. The third kappa shape index (κ3) is 2.63. The van der Waals surface area contributed by atoms with E-state index in [1.807, 2.05) is 36.4 Å². The lowest BCUT2D eigenvalue weighted by atomic mass is 9.98. The van der Waals surface area contributed by atoms with Crippen LogP contribution >= 0.6 is 0 Å². The van der Waals surface area contributed by atoms with Gasteiger partial charge in [-0.1, -0.05) is 84.9 Å². The zero-order chi connectivity index (χ0) is 18.2. The van der Waals surface area contributed by atoms with Gasteiger partial charge in [-0.05, 0) is 23.1 Å². The second-order valence-corrected chi connectivity index (χ2v) is 6.62. The molecule has 0 bridgehead atoms. The summed E-state index contributed by atoms with van der Waals surface area (Å²) in [4.78, 5) is 4.94. The highest BCUT2D eigenvalue weighted by Gasteiger charge is 2.10. The van der Waals surface area contributed by atoms with Crippen molar-refractivity contribution in [1.82, 2.24) is 4.98 Å². The Morgan fingerprint density at radius 1 is 0.519 bits per heavy atom. The number of phenolic OH excluding ortho intramolecular Hbond substituents is 1. The quantitative estimate of drug-likeness (QED) is 0.373. The number of phenols is 1. The first-order chi connectivity index (χ1) is 13.3. The lowest BCUT2D eigenvalue weighted by Gasteiger charge is -2.11. The number of hydrogen-bond acceptors (Lipinski definition) is 2. The standard InChI is InChI=1S/C25H17NO/c27-24-12-6-4-7-19(24)17-13-15-18(16-14-17)25-22-10-2-1-8-20(22)21-9-3-5-11-23(21)26-25/h1-16,27H. The van der Waals surface area contributed by atoms with Gasteiger partial charge in [0.1, 0.15) is 5.75 Å². The van der Waals surface area contributed by atoms with E-state index in [1.54, 1.807) is 6.07 Å². The van der Waals surface area contributed by atoms with Crippen LogP contribution in [0.3, 0.4) is 0 Å². The van der Waals surface area contributed by atoms with Gasteiger partial charge in [-0.3, -0.25) is 0 Å². The minimum Gasteiger partial charge on any atom is -0.507 e. The molecular formula is C25H17NO. The Morgan fingerprint density at radius 2 is 1.11 bits per heavy atom. The van der Waals surface area contributed by atoms with Crippen LogP contribution in [0.1, 0.15) is 0 Å². The van der Waals surface area contributed by atoms with Gasteiger partial charge in [-0.2, -0.15) is 0 Å². The third-order valence-corrected chi connectivity index (χ3v) is 4.98. The van der Waals surface area contributed by atoms with Crippen LogP contribution in [-0.4, -0.2) is 10.1 Å². The van der Waals surface area contributed by atoms with Gasteiger partial charge in [-0.25, -0.2) is 4.98 Å². The second-order valence-electron chi connectivity index (χ2n) is 6.62. The Balaban J connectivity index is 1.70. The van der Waals surface area contributed by atoms with Crippen LogP contribution in [0.4, 0.5) is 0 Å². The van der Waals surface area contributed by atoms with Gasteiger partial charge in [0, 0.05) is 21.9 Å². The van der Waals surface area contributed by atoms with Gasteiger partial charge in [-0.15, -0.1) is 0 Å². The number of nitrogens with zero attached hydrogens (tertiary/aromatic N) is 1. The van der Waals surface area contributed by atoms with Crippen molar-refractivity contribution in [2.24, 2.45) is 0 Å². The van der Waals surface area contributed by atoms with Gasteiger partial charge in [0.15, 0.2) is 0 Å². The van der Waals surface area contributed by atoms with E-state index in [9.17, 15) is 5.11 Å². The average molecular weight is 347 g/mol. The molecule has 0 saturated carbocycles.